The summed E-state index contributed by atoms with van der Waals surface area (Å²) in [7, 11) is 0. The summed E-state index contributed by atoms with van der Waals surface area (Å²) < 4.78 is 5.38. The van der Waals surface area contributed by atoms with Gasteiger partial charge in [-0.05, 0) is 45.2 Å². The molecule has 1 unspecified atom stereocenters. The first-order chi connectivity index (χ1) is 21.7. The zero-order chi connectivity index (χ0) is 33.6. The number of anilines is 4. The number of benzene rings is 1. The molecule has 46 heavy (non-hydrogen) atoms. The maximum Gasteiger partial charge on any atom is 0.407 e. The summed E-state index contributed by atoms with van der Waals surface area (Å²) in [6.07, 6.45) is 1.15. The SMILES string of the molecule is Cc1nc(Nc2ncc(C(=O)Nc3c(Cl)cccc3CN)s2)cc(N2CCN(C(=O)CC(NC(=O)OC(C)(C)C)C(C)C)CC2)n1. The molecule has 1 aliphatic heterocycles. The van der Waals surface area contributed by atoms with E-state index >= 15 is 0 Å². The summed E-state index contributed by atoms with van der Waals surface area (Å²) in [5.74, 6) is 1.51. The molecule has 248 valence electrons. The molecule has 2 aromatic heterocycles. The van der Waals surface area contributed by atoms with Crippen molar-refractivity contribution in [2.45, 2.75) is 66.2 Å². The van der Waals surface area contributed by atoms with Crippen molar-refractivity contribution in [1.29, 1.82) is 0 Å². The largest absolute Gasteiger partial charge is 0.444 e. The van der Waals surface area contributed by atoms with Crippen molar-refractivity contribution < 1.29 is 19.1 Å². The number of ether oxygens (including phenoxy) is 1. The van der Waals surface area contributed by atoms with Crippen LogP contribution in [0.2, 0.25) is 5.02 Å². The van der Waals surface area contributed by atoms with Crippen molar-refractivity contribution in [3.05, 3.63) is 51.7 Å². The number of piperazine rings is 1. The van der Waals surface area contributed by atoms with Gasteiger partial charge in [0.1, 0.15) is 27.9 Å². The van der Waals surface area contributed by atoms with Gasteiger partial charge in [0.05, 0.1) is 16.9 Å². The summed E-state index contributed by atoms with van der Waals surface area (Å²) in [6.45, 7) is 13.6. The number of nitrogens with zero attached hydrogens (tertiary/aromatic N) is 5. The molecule has 3 heterocycles. The van der Waals surface area contributed by atoms with Crippen LogP contribution < -0.4 is 26.6 Å². The van der Waals surface area contributed by atoms with E-state index in [1.54, 1.807) is 39.8 Å². The Labute approximate surface area is 278 Å². The molecule has 3 aromatic rings. The lowest BCUT2D eigenvalue weighted by molar-refractivity contribution is -0.132. The van der Waals surface area contributed by atoms with E-state index < -0.39 is 11.7 Å². The first-order valence-electron chi connectivity index (χ1n) is 15.1. The number of hydrogen-bond acceptors (Lipinski definition) is 11. The number of nitrogens with one attached hydrogen (secondary N) is 3. The van der Waals surface area contributed by atoms with Crippen LogP contribution in [0.4, 0.5) is 27.2 Å². The van der Waals surface area contributed by atoms with Crippen LogP contribution in [-0.4, -0.2) is 75.6 Å². The van der Waals surface area contributed by atoms with Crippen LogP contribution in [0.25, 0.3) is 0 Å². The highest BCUT2D eigenvalue weighted by atomic mass is 35.5. The number of alkyl carbamates (subject to hydrolysis) is 1. The van der Waals surface area contributed by atoms with E-state index in [1.807, 2.05) is 30.9 Å². The van der Waals surface area contributed by atoms with Gasteiger partial charge in [0.15, 0.2) is 5.13 Å². The summed E-state index contributed by atoms with van der Waals surface area (Å²) >= 11 is 7.46. The van der Waals surface area contributed by atoms with E-state index in [9.17, 15) is 14.4 Å². The highest BCUT2D eigenvalue weighted by Gasteiger charge is 2.28. The van der Waals surface area contributed by atoms with Gasteiger partial charge >= 0.3 is 6.09 Å². The quantitative estimate of drug-likeness (QED) is 0.232. The first-order valence-corrected chi connectivity index (χ1v) is 16.3. The van der Waals surface area contributed by atoms with Crippen molar-refractivity contribution in [2.24, 2.45) is 11.7 Å². The fraction of sp³-hybridized carbons (Fsp3) is 0.484. The maximum absolute atomic E-state index is 13.2. The minimum atomic E-state index is -0.617. The second-order valence-corrected chi connectivity index (χ2v) is 13.8. The lowest BCUT2D eigenvalue weighted by atomic mass is 10.00. The predicted octanol–water partition coefficient (Wildman–Crippen LogP) is 4.94. The Balaban J connectivity index is 1.34. The fourth-order valence-electron chi connectivity index (χ4n) is 4.79. The second kappa shape index (κ2) is 15.1. The van der Waals surface area contributed by atoms with Crippen molar-refractivity contribution in [3.63, 3.8) is 0 Å². The Kier molecular flexibility index (Phi) is 11.4. The van der Waals surface area contributed by atoms with E-state index in [1.165, 1.54) is 17.5 Å². The Hall–Kier alpha value is -4.01. The number of para-hydroxylation sites is 1. The lowest BCUT2D eigenvalue weighted by Crippen LogP contribution is -2.51. The molecule has 1 aliphatic rings. The number of aromatic nitrogens is 3. The third kappa shape index (κ3) is 9.50. The normalized spacial score (nSPS) is 14.2. The van der Waals surface area contributed by atoms with Crippen LogP contribution in [0.5, 0.6) is 0 Å². The molecule has 3 amide bonds. The van der Waals surface area contributed by atoms with Gasteiger partial charge in [-0.3, -0.25) is 9.59 Å². The van der Waals surface area contributed by atoms with E-state index in [0.29, 0.717) is 58.5 Å². The van der Waals surface area contributed by atoms with Crippen molar-refractivity contribution >= 4 is 63.3 Å². The van der Waals surface area contributed by atoms with Crippen LogP contribution in [0, 0.1) is 12.8 Å². The molecular formula is C31H42ClN9O4S. The summed E-state index contributed by atoms with van der Waals surface area (Å²) in [5.41, 5.74) is 6.39. The maximum atomic E-state index is 13.2. The Bertz CT molecular complexity index is 1550. The number of aryl methyl sites for hydroxylation is 1. The standard InChI is InChI=1S/C31H42ClN9O4S/c1-18(2)22(37-30(44)45-31(4,5)6)14-26(42)41-12-10-40(11-13-41)25-15-24(35-19(3)36-25)38-29-34-17-23(46-29)28(43)39-27-20(16-33)8-7-9-21(27)32/h7-9,15,17-18,22H,10-14,16,33H2,1-6H3,(H,37,44)(H,39,43)(H,34,35,36,38). The van der Waals surface area contributed by atoms with E-state index in [4.69, 9.17) is 22.1 Å². The van der Waals surface area contributed by atoms with Gasteiger partial charge in [-0.2, -0.15) is 0 Å². The van der Waals surface area contributed by atoms with Crippen molar-refractivity contribution in [1.82, 2.24) is 25.2 Å². The van der Waals surface area contributed by atoms with Crippen molar-refractivity contribution in [3.8, 4) is 0 Å². The number of carbonyl (C=O) groups is 3. The Morgan fingerprint density at radius 1 is 1.13 bits per heavy atom. The molecule has 0 spiro atoms. The molecule has 5 N–H and O–H groups in total. The van der Waals surface area contributed by atoms with Crippen LogP contribution in [0.1, 0.15) is 62.1 Å². The lowest BCUT2D eigenvalue weighted by Gasteiger charge is -2.36. The zero-order valence-electron chi connectivity index (χ0n) is 27.0. The van der Waals surface area contributed by atoms with Crippen LogP contribution in [0.15, 0.2) is 30.5 Å². The monoisotopic (exact) mass is 671 g/mol. The number of thiazole rings is 1. The summed E-state index contributed by atoms with van der Waals surface area (Å²) in [5, 5.41) is 9.77. The van der Waals surface area contributed by atoms with E-state index in [-0.39, 0.29) is 36.7 Å². The minimum Gasteiger partial charge on any atom is -0.444 e. The average Bonchev–Trinajstić information content (AvgIpc) is 3.45. The molecule has 1 fully saturated rings. The fourth-order valence-corrected chi connectivity index (χ4v) is 5.75. The molecule has 13 nitrogen and oxygen atoms in total. The van der Waals surface area contributed by atoms with Gasteiger partial charge in [0.2, 0.25) is 5.91 Å². The molecule has 1 saturated heterocycles. The molecule has 1 aromatic carbocycles. The number of rotatable bonds is 10. The summed E-state index contributed by atoms with van der Waals surface area (Å²) in [4.78, 5) is 56.2. The number of amides is 3. The van der Waals surface area contributed by atoms with Gasteiger partial charge in [0, 0.05) is 51.3 Å². The van der Waals surface area contributed by atoms with Crippen molar-refractivity contribution in [2.75, 3.05) is 41.7 Å². The van der Waals surface area contributed by atoms with Crippen LogP contribution in [-0.2, 0) is 16.1 Å². The van der Waals surface area contributed by atoms with E-state index in [0.717, 1.165) is 11.4 Å². The van der Waals surface area contributed by atoms with Gasteiger partial charge < -0.3 is 36.2 Å². The molecule has 0 radical (unpaired) electrons. The molecule has 0 aliphatic carbocycles. The first kappa shape index (κ1) is 34.9. The average molecular weight is 672 g/mol. The van der Waals surface area contributed by atoms with Gasteiger partial charge in [-0.15, -0.1) is 0 Å². The minimum absolute atomic E-state index is 0.0203. The Morgan fingerprint density at radius 2 is 1.85 bits per heavy atom. The molecule has 1 atom stereocenters. The third-order valence-corrected chi connectivity index (χ3v) is 8.43. The van der Waals surface area contributed by atoms with Gasteiger partial charge in [0.25, 0.3) is 5.91 Å². The smallest absolute Gasteiger partial charge is 0.407 e. The highest BCUT2D eigenvalue weighted by molar-refractivity contribution is 7.17. The molecule has 0 saturated carbocycles. The number of nitrogens with two attached hydrogens (primary N) is 1. The molecule has 0 bridgehead atoms. The Morgan fingerprint density at radius 3 is 2.50 bits per heavy atom. The molecule has 15 heteroatoms. The van der Waals surface area contributed by atoms with Gasteiger partial charge in [-0.25, -0.2) is 19.7 Å². The number of carbonyl (C=O) groups excluding carboxylic acids is 3. The zero-order valence-corrected chi connectivity index (χ0v) is 28.6. The third-order valence-electron chi connectivity index (χ3n) is 7.21. The predicted molar refractivity (Wildman–Crippen MR) is 181 cm³/mol. The van der Waals surface area contributed by atoms with Gasteiger partial charge in [-0.1, -0.05) is 48.9 Å². The van der Waals surface area contributed by atoms with Crippen LogP contribution >= 0.6 is 22.9 Å². The number of hydrogen-bond donors (Lipinski definition) is 4. The van der Waals surface area contributed by atoms with E-state index in [2.05, 4.69) is 35.8 Å². The number of halogens is 1. The summed E-state index contributed by atoms with van der Waals surface area (Å²) in [6, 6.07) is 6.77. The van der Waals surface area contributed by atoms with Crippen LogP contribution in [0.3, 0.4) is 0 Å². The second-order valence-electron chi connectivity index (χ2n) is 12.3. The molecular weight excluding hydrogens is 630 g/mol. The molecule has 4 rings (SSSR count). The topological polar surface area (TPSA) is 168 Å². The highest BCUT2D eigenvalue weighted by Crippen LogP contribution is 2.29.